The van der Waals surface area contributed by atoms with Gasteiger partial charge in [0, 0.05) is 19.3 Å². The van der Waals surface area contributed by atoms with Crippen molar-refractivity contribution in [2.45, 2.75) is 336 Å². The molecule has 64 heavy (non-hydrogen) atoms. The Labute approximate surface area is 399 Å². The molecular weight excluding hydrogens is 793 g/mol. The molecule has 0 aromatic rings. The summed E-state index contributed by atoms with van der Waals surface area (Å²) in [5, 5.41) is 0. The van der Waals surface area contributed by atoms with Crippen LogP contribution < -0.4 is 0 Å². The maximum Gasteiger partial charge on any atom is 0.306 e. The van der Waals surface area contributed by atoms with Crippen molar-refractivity contribution in [2.75, 3.05) is 13.2 Å². The number of esters is 3. The number of carbonyl (C=O) groups excluding carboxylic acids is 3. The van der Waals surface area contributed by atoms with Gasteiger partial charge >= 0.3 is 17.9 Å². The van der Waals surface area contributed by atoms with Crippen molar-refractivity contribution in [3.05, 3.63) is 0 Å². The second-order valence-corrected chi connectivity index (χ2v) is 20.4. The van der Waals surface area contributed by atoms with Crippen LogP contribution in [0.1, 0.15) is 329 Å². The molecule has 6 nitrogen and oxygen atoms in total. The standard InChI is InChI=1S/C58H112O6/c1-5-7-9-11-13-15-16-17-18-19-20-24-27-30-34-38-42-46-50-57(60)63-53-55(52-62-56(59)49-45-41-37-32-14-12-10-8-6-2)64-58(61)51-47-43-39-35-31-28-25-22-21-23-26-29-33-36-40-44-48-54(3)4/h54-55H,5-53H2,1-4H3/t55-/m0/s1. The predicted octanol–water partition coefficient (Wildman–Crippen LogP) is 19.0. The van der Waals surface area contributed by atoms with Crippen molar-refractivity contribution in [1.29, 1.82) is 0 Å². The molecule has 0 aromatic carbocycles. The van der Waals surface area contributed by atoms with E-state index in [2.05, 4.69) is 27.7 Å². The summed E-state index contributed by atoms with van der Waals surface area (Å²) >= 11 is 0. The molecule has 0 aliphatic rings. The SMILES string of the molecule is CCCCCCCCCCCCCCCCCCCCC(=O)OC[C@H](COC(=O)CCCCCCCCCCC)OC(=O)CCCCCCCCCCCCCCCCCCC(C)C. The number of ether oxygens (including phenoxy) is 3. The van der Waals surface area contributed by atoms with Crippen LogP contribution in [-0.2, 0) is 28.6 Å². The minimum atomic E-state index is -0.761. The van der Waals surface area contributed by atoms with Gasteiger partial charge in [-0.15, -0.1) is 0 Å². The van der Waals surface area contributed by atoms with Crippen molar-refractivity contribution in [1.82, 2.24) is 0 Å². The fourth-order valence-electron chi connectivity index (χ4n) is 8.92. The summed E-state index contributed by atoms with van der Waals surface area (Å²) in [7, 11) is 0. The van der Waals surface area contributed by atoms with Crippen molar-refractivity contribution < 1.29 is 28.6 Å². The van der Waals surface area contributed by atoms with Crippen LogP contribution >= 0.6 is 0 Å². The van der Waals surface area contributed by atoms with E-state index in [0.717, 1.165) is 63.7 Å². The molecule has 6 heteroatoms. The number of hydrogen-bond donors (Lipinski definition) is 0. The largest absolute Gasteiger partial charge is 0.462 e. The Hall–Kier alpha value is -1.59. The monoisotopic (exact) mass is 905 g/mol. The lowest BCUT2D eigenvalue weighted by Crippen LogP contribution is -2.30. The van der Waals surface area contributed by atoms with E-state index in [4.69, 9.17) is 14.2 Å². The van der Waals surface area contributed by atoms with Crippen LogP contribution in [0.3, 0.4) is 0 Å². The first-order chi connectivity index (χ1) is 31.4. The molecule has 0 unspecified atom stereocenters. The van der Waals surface area contributed by atoms with Crippen molar-refractivity contribution in [3.8, 4) is 0 Å². The molecule has 0 radical (unpaired) electrons. The summed E-state index contributed by atoms with van der Waals surface area (Å²) in [4.78, 5) is 38.0. The Bertz CT molecular complexity index is 964. The molecule has 0 rings (SSSR count). The highest BCUT2D eigenvalue weighted by molar-refractivity contribution is 5.71. The molecule has 0 fully saturated rings. The summed E-state index contributed by atoms with van der Waals surface area (Å²) in [6.07, 6.45) is 56.7. The topological polar surface area (TPSA) is 78.9 Å². The van der Waals surface area contributed by atoms with Crippen LogP contribution in [0.5, 0.6) is 0 Å². The van der Waals surface area contributed by atoms with E-state index >= 15 is 0 Å². The second-order valence-electron chi connectivity index (χ2n) is 20.4. The van der Waals surface area contributed by atoms with Crippen LogP contribution in [0.4, 0.5) is 0 Å². The quantitative estimate of drug-likeness (QED) is 0.0344. The molecule has 1 atom stereocenters. The van der Waals surface area contributed by atoms with Crippen molar-refractivity contribution in [2.24, 2.45) is 5.92 Å². The zero-order chi connectivity index (χ0) is 46.7. The van der Waals surface area contributed by atoms with E-state index < -0.39 is 6.10 Å². The highest BCUT2D eigenvalue weighted by Gasteiger charge is 2.19. The second kappa shape index (κ2) is 52.4. The first-order valence-electron chi connectivity index (χ1n) is 28.9. The molecule has 0 heterocycles. The Balaban J connectivity index is 4.20. The molecule has 0 bridgehead atoms. The molecule has 0 N–H and O–H groups in total. The molecule has 0 saturated carbocycles. The lowest BCUT2D eigenvalue weighted by atomic mass is 10.0. The Morgan fingerprint density at radius 3 is 0.766 bits per heavy atom. The maximum absolute atomic E-state index is 12.8. The maximum atomic E-state index is 12.8. The van der Waals surface area contributed by atoms with Gasteiger partial charge < -0.3 is 14.2 Å². The third-order valence-corrected chi connectivity index (χ3v) is 13.3. The summed E-state index contributed by atoms with van der Waals surface area (Å²) < 4.78 is 16.8. The van der Waals surface area contributed by atoms with Crippen LogP contribution in [0.15, 0.2) is 0 Å². The average molecular weight is 906 g/mol. The van der Waals surface area contributed by atoms with Crippen LogP contribution in [0.2, 0.25) is 0 Å². The van der Waals surface area contributed by atoms with E-state index in [1.807, 2.05) is 0 Å². The molecule has 380 valence electrons. The van der Waals surface area contributed by atoms with Gasteiger partial charge in [-0.25, -0.2) is 0 Å². The fraction of sp³-hybridized carbons (Fsp3) is 0.948. The molecule has 0 amide bonds. The first-order valence-corrected chi connectivity index (χ1v) is 28.9. The van der Waals surface area contributed by atoms with Gasteiger partial charge in [-0.2, -0.15) is 0 Å². The van der Waals surface area contributed by atoms with Crippen LogP contribution in [-0.4, -0.2) is 37.2 Å². The van der Waals surface area contributed by atoms with Gasteiger partial charge in [0.1, 0.15) is 13.2 Å². The predicted molar refractivity (Wildman–Crippen MR) is 275 cm³/mol. The highest BCUT2D eigenvalue weighted by atomic mass is 16.6. The van der Waals surface area contributed by atoms with E-state index in [1.165, 1.54) is 225 Å². The minimum absolute atomic E-state index is 0.0620. The molecular formula is C58H112O6. The molecule has 0 spiro atoms. The summed E-state index contributed by atoms with van der Waals surface area (Å²) in [5.74, 6) is 0.0129. The smallest absolute Gasteiger partial charge is 0.306 e. The highest BCUT2D eigenvalue weighted by Crippen LogP contribution is 2.18. The molecule has 0 aliphatic heterocycles. The van der Waals surface area contributed by atoms with Gasteiger partial charge in [0.25, 0.3) is 0 Å². The Morgan fingerprint density at radius 1 is 0.297 bits per heavy atom. The normalized spacial score (nSPS) is 12.0. The Kier molecular flexibility index (Phi) is 51.1. The average Bonchev–Trinajstić information content (AvgIpc) is 3.28. The molecule has 0 saturated heterocycles. The zero-order valence-corrected chi connectivity index (χ0v) is 43.8. The van der Waals surface area contributed by atoms with E-state index in [9.17, 15) is 14.4 Å². The third kappa shape index (κ3) is 51.4. The first kappa shape index (κ1) is 62.4. The van der Waals surface area contributed by atoms with Gasteiger partial charge in [-0.3, -0.25) is 14.4 Å². The molecule has 0 aromatic heterocycles. The van der Waals surface area contributed by atoms with Gasteiger partial charge in [0.15, 0.2) is 6.10 Å². The van der Waals surface area contributed by atoms with Gasteiger partial charge in [0.2, 0.25) is 0 Å². The number of unbranched alkanes of at least 4 members (excludes halogenated alkanes) is 40. The lowest BCUT2D eigenvalue weighted by Gasteiger charge is -2.18. The van der Waals surface area contributed by atoms with Crippen molar-refractivity contribution in [3.63, 3.8) is 0 Å². The van der Waals surface area contributed by atoms with Gasteiger partial charge in [-0.05, 0) is 25.2 Å². The van der Waals surface area contributed by atoms with E-state index in [1.54, 1.807) is 0 Å². The minimum Gasteiger partial charge on any atom is -0.462 e. The van der Waals surface area contributed by atoms with Crippen LogP contribution in [0.25, 0.3) is 0 Å². The summed E-state index contributed by atoms with van der Waals surface area (Å²) in [6, 6.07) is 0. The van der Waals surface area contributed by atoms with E-state index in [-0.39, 0.29) is 31.1 Å². The number of carbonyl (C=O) groups is 3. The Morgan fingerprint density at radius 2 is 0.516 bits per heavy atom. The van der Waals surface area contributed by atoms with Crippen molar-refractivity contribution >= 4 is 17.9 Å². The number of hydrogen-bond acceptors (Lipinski definition) is 6. The van der Waals surface area contributed by atoms with Gasteiger partial charge in [-0.1, -0.05) is 291 Å². The molecule has 0 aliphatic carbocycles. The summed E-state index contributed by atoms with van der Waals surface area (Å²) in [6.45, 7) is 9.05. The van der Waals surface area contributed by atoms with E-state index in [0.29, 0.717) is 19.3 Å². The summed E-state index contributed by atoms with van der Waals surface area (Å²) in [5.41, 5.74) is 0. The zero-order valence-electron chi connectivity index (χ0n) is 43.8. The van der Waals surface area contributed by atoms with Gasteiger partial charge in [0.05, 0.1) is 0 Å². The lowest BCUT2D eigenvalue weighted by molar-refractivity contribution is -0.167. The third-order valence-electron chi connectivity index (χ3n) is 13.3. The fourth-order valence-corrected chi connectivity index (χ4v) is 8.92. The number of rotatable bonds is 53. The van der Waals surface area contributed by atoms with Crippen LogP contribution in [0, 0.1) is 5.92 Å².